The van der Waals surface area contributed by atoms with Gasteiger partial charge in [0.1, 0.15) is 29.5 Å². The van der Waals surface area contributed by atoms with Crippen LogP contribution < -0.4 is 19.7 Å². The molecule has 0 atom stereocenters. The van der Waals surface area contributed by atoms with Crippen molar-refractivity contribution in [2.75, 3.05) is 12.0 Å². The summed E-state index contributed by atoms with van der Waals surface area (Å²) in [6.45, 7) is 0.213. The Morgan fingerprint density at radius 1 is 0.919 bits per heavy atom. The van der Waals surface area contributed by atoms with Crippen LogP contribution in [0.4, 0.5) is 14.9 Å². The second kappa shape index (κ2) is 9.94. The number of carbonyl (C=O) groups is 3. The monoisotopic (exact) mass is 496 g/mol. The van der Waals surface area contributed by atoms with Crippen molar-refractivity contribution in [2.45, 2.75) is 6.61 Å². The molecule has 1 aliphatic rings. The number of methoxy groups -OCH3 is 1. The maximum Gasteiger partial charge on any atom is 0.336 e. The highest BCUT2D eigenvalue weighted by molar-refractivity contribution is 6.39. The summed E-state index contributed by atoms with van der Waals surface area (Å²) in [4.78, 5) is 38.9. The smallest absolute Gasteiger partial charge is 0.336 e. The number of fused-ring (bicyclic) bond motifs is 1. The molecule has 0 saturated carbocycles. The average molecular weight is 496 g/mol. The van der Waals surface area contributed by atoms with Crippen LogP contribution in [0, 0.1) is 5.82 Å². The lowest BCUT2D eigenvalue weighted by Gasteiger charge is -2.26. The summed E-state index contributed by atoms with van der Waals surface area (Å²) in [5.41, 5.74) is 0.748. The second-order valence-corrected chi connectivity index (χ2v) is 8.24. The van der Waals surface area contributed by atoms with Crippen molar-refractivity contribution in [1.29, 1.82) is 0 Å². The number of ether oxygens (including phenoxy) is 2. The van der Waals surface area contributed by atoms with Crippen molar-refractivity contribution in [1.82, 2.24) is 5.32 Å². The van der Waals surface area contributed by atoms with Gasteiger partial charge in [0.2, 0.25) is 0 Å². The summed E-state index contributed by atoms with van der Waals surface area (Å²) in [5.74, 6) is -1.75. The number of hydrogen-bond acceptors (Lipinski definition) is 5. The van der Waals surface area contributed by atoms with Crippen molar-refractivity contribution in [3.8, 4) is 11.5 Å². The predicted molar refractivity (Wildman–Crippen MR) is 137 cm³/mol. The fraction of sp³-hybridized carbons (Fsp3) is 0.0690. The van der Waals surface area contributed by atoms with Gasteiger partial charge in [-0.3, -0.25) is 14.9 Å². The van der Waals surface area contributed by atoms with Gasteiger partial charge in [-0.1, -0.05) is 54.6 Å². The average Bonchev–Trinajstić information content (AvgIpc) is 2.91. The van der Waals surface area contributed by atoms with Crippen LogP contribution in [0.15, 0.2) is 90.5 Å². The van der Waals surface area contributed by atoms with Crippen LogP contribution in [0.1, 0.15) is 11.1 Å². The lowest BCUT2D eigenvalue weighted by Crippen LogP contribution is -2.54. The molecule has 1 heterocycles. The molecular formula is C29H21FN2O5. The molecule has 0 spiro atoms. The molecule has 7 nitrogen and oxygen atoms in total. The highest BCUT2D eigenvalue weighted by Gasteiger charge is 2.38. The number of benzene rings is 4. The Morgan fingerprint density at radius 3 is 2.49 bits per heavy atom. The number of barbiturate groups is 1. The molecule has 0 bridgehead atoms. The number of carbonyl (C=O) groups excluding carboxylic acids is 3. The van der Waals surface area contributed by atoms with Crippen LogP contribution >= 0.6 is 0 Å². The van der Waals surface area contributed by atoms with Gasteiger partial charge in [-0.25, -0.2) is 14.1 Å². The number of para-hydroxylation sites is 1. The Balaban J connectivity index is 1.51. The zero-order chi connectivity index (χ0) is 25.9. The number of halogens is 1. The Kier molecular flexibility index (Phi) is 6.38. The Hall–Kier alpha value is -4.98. The van der Waals surface area contributed by atoms with Gasteiger partial charge in [0.25, 0.3) is 11.8 Å². The van der Waals surface area contributed by atoms with Crippen molar-refractivity contribution < 1.29 is 28.2 Å². The maximum absolute atomic E-state index is 14.4. The quantitative estimate of drug-likeness (QED) is 0.292. The highest BCUT2D eigenvalue weighted by Crippen LogP contribution is 2.31. The molecule has 0 aromatic heterocycles. The molecule has 4 amide bonds. The van der Waals surface area contributed by atoms with Crippen molar-refractivity contribution in [2.24, 2.45) is 0 Å². The first-order valence-electron chi connectivity index (χ1n) is 11.4. The van der Waals surface area contributed by atoms with Crippen molar-refractivity contribution >= 4 is 40.4 Å². The third-order valence-corrected chi connectivity index (χ3v) is 5.98. The minimum atomic E-state index is -1.03. The second-order valence-electron chi connectivity index (χ2n) is 8.24. The van der Waals surface area contributed by atoms with E-state index in [0.29, 0.717) is 22.0 Å². The van der Waals surface area contributed by atoms with E-state index in [9.17, 15) is 18.8 Å². The van der Waals surface area contributed by atoms with E-state index in [1.807, 2.05) is 42.5 Å². The number of urea groups is 1. The maximum atomic E-state index is 14.4. The zero-order valence-corrected chi connectivity index (χ0v) is 19.7. The van der Waals surface area contributed by atoms with E-state index in [1.54, 1.807) is 18.2 Å². The number of anilines is 1. The zero-order valence-electron chi connectivity index (χ0n) is 19.7. The molecule has 8 heteroatoms. The number of amides is 4. The fourth-order valence-electron chi connectivity index (χ4n) is 4.12. The molecule has 4 aromatic carbocycles. The van der Waals surface area contributed by atoms with Crippen LogP contribution in [-0.2, 0) is 16.2 Å². The molecule has 1 fully saturated rings. The van der Waals surface area contributed by atoms with Crippen LogP contribution in [0.2, 0.25) is 0 Å². The number of imide groups is 2. The van der Waals surface area contributed by atoms with Gasteiger partial charge < -0.3 is 9.47 Å². The first-order valence-corrected chi connectivity index (χ1v) is 11.4. The largest absolute Gasteiger partial charge is 0.497 e. The Bertz CT molecular complexity index is 1570. The third kappa shape index (κ3) is 4.64. The van der Waals surface area contributed by atoms with Gasteiger partial charge in [-0.05, 0) is 46.7 Å². The molecule has 184 valence electrons. The molecule has 1 N–H and O–H groups in total. The summed E-state index contributed by atoms with van der Waals surface area (Å²) in [6, 6.07) is 23.1. The van der Waals surface area contributed by atoms with Gasteiger partial charge >= 0.3 is 6.03 Å². The lowest BCUT2D eigenvalue weighted by atomic mass is 10.0. The highest BCUT2D eigenvalue weighted by atomic mass is 19.1. The van der Waals surface area contributed by atoms with E-state index in [4.69, 9.17) is 9.47 Å². The molecule has 0 unspecified atom stereocenters. The standard InChI is InChI=1S/C29H21FN2O5/c1-36-21-14-13-19(26(16-21)37-17-20-9-6-8-18-7-2-3-10-22(18)20)15-23-27(33)31-29(35)32(28(23)34)25-12-5-4-11-24(25)30/h2-16H,17H2,1H3,(H,31,33,35)/b23-15-. The van der Waals surface area contributed by atoms with Gasteiger partial charge in [0.05, 0.1) is 12.8 Å². The molecule has 37 heavy (non-hydrogen) atoms. The van der Waals surface area contributed by atoms with E-state index >= 15 is 0 Å². The first kappa shape index (κ1) is 23.7. The van der Waals surface area contributed by atoms with E-state index < -0.39 is 23.7 Å². The molecule has 1 saturated heterocycles. The summed E-state index contributed by atoms with van der Waals surface area (Å²) in [7, 11) is 1.51. The fourth-order valence-corrected chi connectivity index (χ4v) is 4.12. The van der Waals surface area contributed by atoms with Crippen LogP contribution in [0.3, 0.4) is 0 Å². The van der Waals surface area contributed by atoms with Gasteiger partial charge in [0.15, 0.2) is 0 Å². The molecule has 1 aliphatic heterocycles. The summed E-state index contributed by atoms with van der Waals surface area (Å²) in [6.07, 6.45) is 1.32. The molecule has 5 rings (SSSR count). The topological polar surface area (TPSA) is 84.9 Å². The van der Waals surface area contributed by atoms with Gasteiger partial charge in [-0.2, -0.15) is 0 Å². The minimum absolute atomic E-state index is 0.213. The van der Waals surface area contributed by atoms with E-state index in [0.717, 1.165) is 22.4 Å². The van der Waals surface area contributed by atoms with Crippen LogP contribution in [-0.4, -0.2) is 25.0 Å². The Labute approximate surface area is 211 Å². The van der Waals surface area contributed by atoms with E-state index in [2.05, 4.69) is 5.32 Å². The summed E-state index contributed by atoms with van der Waals surface area (Å²) in [5, 5.41) is 4.21. The van der Waals surface area contributed by atoms with Crippen LogP contribution in [0.25, 0.3) is 16.8 Å². The Morgan fingerprint density at radius 2 is 1.68 bits per heavy atom. The van der Waals surface area contributed by atoms with Gasteiger partial charge in [0, 0.05) is 11.6 Å². The normalized spacial score (nSPS) is 14.7. The number of nitrogens with one attached hydrogen (secondary N) is 1. The van der Waals surface area contributed by atoms with E-state index in [-0.39, 0.29) is 17.9 Å². The minimum Gasteiger partial charge on any atom is -0.497 e. The molecule has 4 aromatic rings. The van der Waals surface area contributed by atoms with Gasteiger partial charge in [-0.15, -0.1) is 0 Å². The third-order valence-electron chi connectivity index (χ3n) is 5.98. The molecule has 0 aliphatic carbocycles. The summed E-state index contributed by atoms with van der Waals surface area (Å²) < 4.78 is 25.8. The SMILES string of the molecule is COc1ccc(/C=C2/C(=O)NC(=O)N(c3ccccc3F)C2=O)c(OCc2cccc3ccccc23)c1. The predicted octanol–water partition coefficient (Wildman–Crippen LogP) is 5.23. The van der Waals surface area contributed by atoms with Crippen molar-refractivity contribution in [3.63, 3.8) is 0 Å². The molecular weight excluding hydrogens is 475 g/mol. The lowest BCUT2D eigenvalue weighted by molar-refractivity contribution is -0.122. The number of hydrogen-bond donors (Lipinski definition) is 1. The number of nitrogens with zero attached hydrogens (tertiary/aromatic N) is 1. The van der Waals surface area contributed by atoms with E-state index in [1.165, 1.54) is 31.4 Å². The first-order chi connectivity index (χ1) is 18.0. The number of rotatable bonds is 6. The summed E-state index contributed by atoms with van der Waals surface area (Å²) >= 11 is 0. The van der Waals surface area contributed by atoms with Crippen molar-refractivity contribution in [3.05, 3.63) is 107 Å². The van der Waals surface area contributed by atoms with Crippen LogP contribution in [0.5, 0.6) is 11.5 Å². The molecule has 0 radical (unpaired) electrons.